The highest BCUT2D eigenvalue weighted by molar-refractivity contribution is 5.73. The van der Waals surface area contributed by atoms with Gasteiger partial charge >= 0.3 is 6.03 Å². The SMILES string of the molecule is CN(Cc1ccccc1)C(=O)NCCOc1cccc2c1CCCC2. The van der Waals surface area contributed by atoms with Crippen LogP contribution < -0.4 is 10.1 Å². The van der Waals surface area contributed by atoms with Gasteiger partial charge in [-0.2, -0.15) is 0 Å². The Morgan fingerprint density at radius 3 is 2.72 bits per heavy atom. The van der Waals surface area contributed by atoms with Crippen LogP contribution in [-0.2, 0) is 19.4 Å². The molecule has 0 radical (unpaired) electrons. The van der Waals surface area contributed by atoms with Crippen molar-refractivity contribution in [2.75, 3.05) is 20.2 Å². The molecule has 2 amide bonds. The Morgan fingerprint density at radius 1 is 1.08 bits per heavy atom. The van der Waals surface area contributed by atoms with E-state index in [-0.39, 0.29) is 6.03 Å². The maximum absolute atomic E-state index is 12.2. The minimum absolute atomic E-state index is 0.0810. The van der Waals surface area contributed by atoms with Crippen LogP contribution in [0.2, 0.25) is 0 Å². The summed E-state index contributed by atoms with van der Waals surface area (Å²) in [6, 6.07) is 16.2. The highest BCUT2D eigenvalue weighted by Gasteiger charge is 2.14. The van der Waals surface area contributed by atoms with Crippen molar-refractivity contribution in [3.8, 4) is 5.75 Å². The number of nitrogens with one attached hydrogen (secondary N) is 1. The molecule has 0 saturated carbocycles. The zero-order chi connectivity index (χ0) is 17.5. The molecule has 0 fully saturated rings. The summed E-state index contributed by atoms with van der Waals surface area (Å²) in [5.74, 6) is 0.976. The smallest absolute Gasteiger partial charge is 0.317 e. The van der Waals surface area contributed by atoms with Gasteiger partial charge in [-0.1, -0.05) is 42.5 Å². The van der Waals surface area contributed by atoms with E-state index < -0.39 is 0 Å². The fraction of sp³-hybridized carbons (Fsp3) is 0.381. The predicted molar refractivity (Wildman–Crippen MR) is 99.9 cm³/mol. The Kier molecular flexibility index (Phi) is 5.94. The number of carbonyl (C=O) groups excluding carboxylic acids is 1. The van der Waals surface area contributed by atoms with Crippen molar-refractivity contribution in [3.63, 3.8) is 0 Å². The lowest BCUT2D eigenvalue weighted by molar-refractivity contribution is 0.203. The molecular formula is C21H26N2O2. The summed E-state index contributed by atoms with van der Waals surface area (Å²) in [5.41, 5.74) is 3.88. The Hall–Kier alpha value is -2.49. The van der Waals surface area contributed by atoms with E-state index in [1.165, 1.54) is 24.0 Å². The second-order valence-electron chi connectivity index (χ2n) is 6.52. The van der Waals surface area contributed by atoms with Gasteiger partial charge in [-0.15, -0.1) is 0 Å². The van der Waals surface area contributed by atoms with Crippen LogP contribution in [0.4, 0.5) is 4.79 Å². The van der Waals surface area contributed by atoms with Gasteiger partial charge in [0.2, 0.25) is 0 Å². The summed E-state index contributed by atoms with van der Waals surface area (Å²) in [4.78, 5) is 13.8. The van der Waals surface area contributed by atoms with E-state index in [0.717, 1.165) is 24.2 Å². The van der Waals surface area contributed by atoms with Crippen LogP contribution in [0.1, 0.15) is 29.5 Å². The van der Waals surface area contributed by atoms with Gasteiger partial charge in [-0.05, 0) is 48.4 Å². The molecule has 4 nitrogen and oxygen atoms in total. The number of aryl methyl sites for hydroxylation is 1. The quantitative estimate of drug-likeness (QED) is 0.814. The van der Waals surface area contributed by atoms with E-state index in [0.29, 0.717) is 19.7 Å². The molecule has 0 aliphatic heterocycles. The van der Waals surface area contributed by atoms with E-state index in [1.54, 1.807) is 11.9 Å². The molecule has 2 aromatic rings. The number of ether oxygens (including phenoxy) is 1. The molecule has 0 unspecified atom stereocenters. The molecule has 3 rings (SSSR count). The summed E-state index contributed by atoms with van der Waals surface area (Å²) < 4.78 is 5.92. The third kappa shape index (κ3) is 4.75. The van der Waals surface area contributed by atoms with E-state index in [2.05, 4.69) is 17.4 Å². The third-order valence-electron chi connectivity index (χ3n) is 4.60. The zero-order valence-electron chi connectivity index (χ0n) is 14.8. The van der Waals surface area contributed by atoms with E-state index in [4.69, 9.17) is 4.74 Å². The number of carbonyl (C=O) groups is 1. The minimum Gasteiger partial charge on any atom is -0.491 e. The number of urea groups is 1. The summed E-state index contributed by atoms with van der Waals surface area (Å²) >= 11 is 0. The van der Waals surface area contributed by atoms with Gasteiger partial charge in [0.15, 0.2) is 0 Å². The van der Waals surface area contributed by atoms with Crippen LogP contribution in [0, 0.1) is 0 Å². The highest BCUT2D eigenvalue weighted by Crippen LogP contribution is 2.29. The normalized spacial score (nSPS) is 13.0. The molecule has 0 bridgehead atoms. The Labute approximate surface area is 149 Å². The first-order valence-electron chi connectivity index (χ1n) is 9.00. The lowest BCUT2D eigenvalue weighted by atomic mass is 9.91. The van der Waals surface area contributed by atoms with E-state index in [1.807, 2.05) is 36.4 Å². The number of nitrogens with zero attached hydrogens (tertiary/aromatic N) is 1. The van der Waals surface area contributed by atoms with Gasteiger partial charge in [-0.3, -0.25) is 0 Å². The third-order valence-corrected chi connectivity index (χ3v) is 4.60. The molecular weight excluding hydrogens is 312 g/mol. The van der Waals surface area contributed by atoms with Crippen molar-refractivity contribution in [1.29, 1.82) is 0 Å². The van der Waals surface area contributed by atoms with Crippen molar-refractivity contribution >= 4 is 6.03 Å². The van der Waals surface area contributed by atoms with Crippen molar-refractivity contribution in [2.24, 2.45) is 0 Å². The van der Waals surface area contributed by atoms with Crippen molar-refractivity contribution in [1.82, 2.24) is 10.2 Å². The fourth-order valence-corrected chi connectivity index (χ4v) is 3.26. The largest absolute Gasteiger partial charge is 0.491 e. The second kappa shape index (κ2) is 8.56. The summed E-state index contributed by atoms with van der Waals surface area (Å²) in [5, 5.41) is 2.91. The molecule has 1 aliphatic carbocycles. The maximum atomic E-state index is 12.2. The molecule has 0 saturated heterocycles. The topological polar surface area (TPSA) is 41.6 Å². The van der Waals surface area contributed by atoms with Crippen LogP contribution in [0.15, 0.2) is 48.5 Å². The number of benzene rings is 2. The number of amides is 2. The molecule has 1 aliphatic rings. The lowest BCUT2D eigenvalue weighted by Gasteiger charge is -2.20. The highest BCUT2D eigenvalue weighted by atomic mass is 16.5. The first-order valence-corrected chi connectivity index (χ1v) is 9.00. The molecule has 2 aromatic carbocycles. The molecule has 1 N–H and O–H groups in total. The van der Waals surface area contributed by atoms with E-state index in [9.17, 15) is 4.79 Å². The minimum atomic E-state index is -0.0810. The van der Waals surface area contributed by atoms with Gasteiger partial charge in [-0.25, -0.2) is 4.79 Å². The van der Waals surface area contributed by atoms with Gasteiger partial charge in [0.05, 0.1) is 6.54 Å². The molecule has 0 atom stereocenters. The number of fused-ring (bicyclic) bond motifs is 1. The molecule has 25 heavy (non-hydrogen) atoms. The van der Waals surface area contributed by atoms with Crippen LogP contribution >= 0.6 is 0 Å². The lowest BCUT2D eigenvalue weighted by Crippen LogP contribution is -2.38. The zero-order valence-corrected chi connectivity index (χ0v) is 14.8. The summed E-state index contributed by atoms with van der Waals surface area (Å²) in [6.07, 6.45) is 4.74. The first-order chi connectivity index (χ1) is 12.2. The van der Waals surface area contributed by atoms with Crippen molar-refractivity contribution in [3.05, 3.63) is 65.2 Å². The average Bonchev–Trinajstić information content (AvgIpc) is 2.66. The van der Waals surface area contributed by atoms with Crippen LogP contribution in [0.3, 0.4) is 0 Å². The van der Waals surface area contributed by atoms with Crippen molar-refractivity contribution < 1.29 is 9.53 Å². The molecule has 132 valence electrons. The predicted octanol–water partition coefficient (Wildman–Crippen LogP) is 3.79. The first kappa shape index (κ1) is 17.3. The van der Waals surface area contributed by atoms with Crippen LogP contribution in [0.5, 0.6) is 5.75 Å². The second-order valence-corrected chi connectivity index (χ2v) is 6.52. The number of rotatable bonds is 6. The monoisotopic (exact) mass is 338 g/mol. The summed E-state index contributed by atoms with van der Waals surface area (Å²) in [6.45, 7) is 1.59. The van der Waals surface area contributed by atoms with Crippen LogP contribution in [0.25, 0.3) is 0 Å². The van der Waals surface area contributed by atoms with E-state index >= 15 is 0 Å². The average molecular weight is 338 g/mol. The number of hydrogen-bond donors (Lipinski definition) is 1. The Morgan fingerprint density at radius 2 is 1.88 bits per heavy atom. The standard InChI is InChI=1S/C21H26N2O2/c1-23(16-17-8-3-2-4-9-17)21(24)22-14-15-25-20-13-7-11-18-10-5-6-12-19(18)20/h2-4,7-9,11,13H,5-6,10,12,14-16H2,1H3,(H,22,24). The van der Waals surface area contributed by atoms with Crippen molar-refractivity contribution in [2.45, 2.75) is 32.2 Å². The van der Waals surface area contributed by atoms with Gasteiger partial charge in [0.1, 0.15) is 12.4 Å². The fourth-order valence-electron chi connectivity index (χ4n) is 3.26. The molecule has 0 aromatic heterocycles. The van der Waals surface area contributed by atoms with Gasteiger partial charge in [0, 0.05) is 13.6 Å². The molecule has 4 heteroatoms. The van der Waals surface area contributed by atoms with Gasteiger partial charge < -0.3 is 15.0 Å². The van der Waals surface area contributed by atoms with Crippen LogP contribution in [-0.4, -0.2) is 31.1 Å². The molecule has 0 spiro atoms. The number of hydrogen-bond acceptors (Lipinski definition) is 2. The summed E-state index contributed by atoms with van der Waals surface area (Å²) in [7, 11) is 1.80. The Balaban J connectivity index is 1.43. The maximum Gasteiger partial charge on any atom is 0.317 e. The Bertz CT molecular complexity index is 700. The van der Waals surface area contributed by atoms with Gasteiger partial charge in [0.25, 0.3) is 0 Å². The molecule has 0 heterocycles.